The van der Waals surface area contributed by atoms with E-state index in [4.69, 9.17) is 9.47 Å². The minimum Gasteiger partial charge on any atom is -0.493 e. The molecule has 2 rings (SSSR count). The van der Waals surface area contributed by atoms with Crippen molar-refractivity contribution >= 4 is 0 Å². The highest BCUT2D eigenvalue weighted by Gasteiger charge is 2.07. The Bertz CT molecular complexity index is 579. The summed E-state index contributed by atoms with van der Waals surface area (Å²) in [5.74, 6) is 1.54. The molecule has 0 bridgehead atoms. The molecule has 0 atom stereocenters. The molecule has 0 aliphatic heterocycles. The standard InChI is InChI=1S/C16H23N3O2/c1-12(2)21-15-6-5-13(9-16(15)20-4)10-17-11-14-7-8-19(3)18-14/h5-9,12,17H,10-11H2,1-4H3. The number of nitrogens with one attached hydrogen (secondary N) is 1. The summed E-state index contributed by atoms with van der Waals surface area (Å²) in [6.45, 7) is 5.51. The molecule has 0 aliphatic carbocycles. The summed E-state index contributed by atoms with van der Waals surface area (Å²) in [7, 11) is 3.58. The summed E-state index contributed by atoms with van der Waals surface area (Å²) < 4.78 is 12.9. The molecular weight excluding hydrogens is 266 g/mol. The summed E-state index contributed by atoms with van der Waals surface area (Å²) in [6.07, 6.45) is 2.07. The smallest absolute Gasteiger partial charge is 0.161 e. The fourth-order valence-electron chi connectivity index (χ4n) is 2.07. The fraction of sp³-hybridized carbons (Fsp3) is 0.438. The number of aromatic nitrogens is 2. The number of hydrogen-bond donors (Lipinski definition) is 1. The van der Waals surface area contributed by atoms with Gasteiger partial charge in [-0.2, -0.15) is 5.10 Å². The van der Waals surface area contributed by atoms with Crippen molar-refractivity contribution in [2.45, 2.75) is 33.0 Å². The van der Waals surface area contributed by atoms with Crippen molar-refractivity contribution in [2.75, 3.05) is 7.11 Å². The second-order valence-corrected chi connectivity index (χ2v) is 5.24. The molecule has 2 aromatic rings. The van der Waals surface area contributed by atoms with Crippen LogP contribution in [0.5, 0.6) is 11.5 Å². The van der Waals surface area contributed by atoms with Crippen LogP contribution in [0.2, 0.25) is 0 Å². The number of methoxy groups -OCH3 is 1. The molecule has 0 saturated heterocycles. The predicted molar refractivity (Wildman–Crippen MR) is 82.5 cm³/mol. The molecule has 1 aromatic heterocycles. The summed E-state index contributed by atoms with van der Waals surface area (Å²) >= 11 is 0. The molecule has 0 saturated carbocycles. The fourth-order valence-corrected chi connectivity index (χ4v) is 2.07. The molecule has 0 fully saturated rings. The first-order valence-electron chi connectivity index (χ1n) is 7.11. The summed E-state index contributed by atoms with van der Waals surface area (Å²) in [5.41, 5.74) is 2.18. The van der Waals surface area contributed by atoms with Gasteiger partial charge >= 0.3 is 0 Å². The third-order valence-electron chi connectivity index (χ3n) is 2.99. The molecule has 21 heavy (non-hydrogen) atoms. The number of rotatable bonds is 7. The summed E-state index contributed by atoms with van der Waals surface area (Å²) in [5, 5.41) is 7.70. The van der Waals surface area contributed by atoms with Gasteiger partial charge in [0.15, 0.2) is 11.5 Å². The lowest BCUT2D eigenvalue weighted by Crippen LogP contribution is -2.13. The lowest BCUT2D eigenvalue weighted by Gasteiger charge is -2.14. The van der Waals surface area contributed by atoms with Gasteiger partial charge < -0.3 is 14.8 Å². The van der Waals surface area contributed by atoms with Crippen LogP contribution in [0, 0.1) is 0 Å². The van der Waals surface area contributed by atoms with E-state index in [9.17, 15) is 0 Å². The van der Waals surface area contributed by atoms with Crippen LogP contribution in [-0.2, 0) is 20.1 Å². The highest BCUT2D eigenvalue weighted by atomic mass is 16.5. The third-order valence-corrected chi connectivity index (χ3v) is 2.99. The molecule has 5 heteroatoms. The van der Waals surface area contributed by atoms with Crippen LogP contribution in [0.3, 0.4) is 0 Å². The van der Waals surface area contributed by atoms with Gasteiger partial charge in [-0.05, 0) is 37.6 Å². The number of nitrogens with zero attached hydrogens (tertiary/aromatic N) is 2. The highest BCUT2D eigenvalue weighted by Crippen LogP contribution is 2.28. The Morgan fingerprint density at radius 3 is 2.62 bits per heavy atom. The molecule has 114 valence electrons. The van der Waals surface area contributed by atoms with E-state index >= 15 is 0 Å². The first kappa shape index (κ1) is 15.4. The molecule has 1 heterocycles. The van der Waals surface area contributed by atoms with Gasteiger partial charge in [-0.25, -0.2) is 0 Å². The molecule has 0 aliphatic rings. The number of benzene rings is 1. The van der Waals surface area contributed by atoms with Gasteiger partial charge in [-0.15, -0.1) is 0 Å². The monoisotopic (exact) mass is 289 g/mol. The van der Waals surface area contributed by atoms with E-state index in [1.165, 1.54) is 0 Å². The van der Waals surface area contributed by atoms with Crippen LogP contribution in [0.15, 0.2) is 30.5 Å². The van der Waals surface area contributed by atoms with Crippen LogP contribution < -0.4 is 14.8 Å². The second kappa shape index (κ2) is 7.13. The van der Waals surface area contributed by atoms with Gasteiger partial charge in [0.2, 0.25) is 0 Å². The lowest BCUT2D eigenvalue weighted by molar-refractivity contribution is 0.230. The third kappa shape index (κ3) is 4.49. The maximum atomic E-state index is 5.71. The maximum absolute atomic E-state index is 5.71. The second-order valence-electron chi connectivity index (χ2n) is 5.24. The van der Waals surface area contributed by atoms with E-state index in [-0.39, 0.29) is 6.10 Å². The Kier molecular flexibility index (Phi) is 5.22. The van der Waals surface area contributed by atoms with Crippen molar-refractivity contribution in [1.82, 2.24) is 15.1 Å². The minimum atomic E-state index is 0.132. The van der Waals surface area contributed by atoms with E-state index in [1.807, 2.05) is 51.4 Å². The molecule has 1 N–H and O–H groups in total. The van der Waals surface area contributed by atoms with Crippen molar-refractivity contribution in [1.29, 1.82) is 0 Å². The Morgan fingerprint density at radius 1 is 1.19 bits per heavy atom. The average molecular weight is 289 g/mol. The van der Waals surface area contributed by atoms with E-state index in [1.54, 1.807) is 11.8 Å². The Morgan fingerprint density at radius 2 is 2.00 bits per heavy atom. The van der Waals surface area contributed by atoms with Crippen LogP contribution >= 0.6 is 0 Å². The van der Waals surface area contributed by atoms with Crippen LogP contribution in [0.1, 0.15) is 25.1 Å². The minimum absolute atomic E-state index is 0.132. The zero-order chi connectivity index (χ0) is 15.2. The number of hydrogen-bond acceptors (Lipinski definition) is 4. The normalized spacial score (nSPS) is 10.9. The summed E-state index contributed by atoms with van der Waals surface area (Å²) in [6, 6.07) is 8.01. The predicted octanol–water partition coefficient (Wildman–Crippen LogP) is 2.51. The van der Waals surface area contributed by atoms with Gasteiger partial charge in [-0.1, -0.05) is 6.07 Å². The van der Waals surface area contributed by atoms with Crippen molar-refractivity contribution in [3.05, 3.63) is 41.7 Å². The largest absolute Gasteiger partial charge is 0.493 e. The zero-order valence-corrected chi connectivity index (χ0v) is 13.1. The topological polar surface area (TPSA) is 48.3 Å². The Hall–Kier alpha value is -2.01. The molecule has 0 spiro atoms. The van der Waals surface area contributed by atoms with E-state index in [2.05, 4.69) is 10.4 Å². The quantitative estimate of drug-likeness (QED) is 0.851. The molecule has 0 amide bonds. The zero-order valence-electron chi connectivity index (χ0n) is 13.1. The molecule has 0 unspecified atom stereocenters. The van der Waals surface area contributed by atoms with Gasteiger partial charge in [0.1, 0.15) is 0 Å². The summed E-state index contributed by atoms with van der Waals surface area (Å²) in [4.78, 5) is 0. The van der Waals surface area contributed by atoms with Gasteiger partial charge in [-0.3, -0.25) is 4.68 Å². The van der Waals surface area contributed by atoms with Crippen LogP contribution in [0.4, 0.5) is 0 Å². The maximum Gasteiger partial charge on any atom is 0.161 e. The first-order valence-corrected chi connectivity index (χ1v) is 7.11. The van der Waals surface area contributed by atoms with Crippen molar-refractivity contribution in [2.24, 2.45) is 7.05 Å². The Balaban J connectivity index is 1.94. The molecule has 0 radical (unpaired) electrons. The SMILES string of the molecule is COc1cc(CNCc2ccn(C)n2)ccc1OC(C)C. The van der Waals surface area contributed by atoms with Crippen molar-refractivity contribution in [3.8, 4) is 11.5 Å². The van der Waals surface area contributed by atoms with Crippen LogP contribution in [0.25, 0.3) is 0 Å². The van der Waals surface area contributed by atoms with Crippen molar-refractivity contribution < 1.29 is 9.47 Å². The first-order chi connectivity index (χ1) is 10.1. The van der Waals surface area contributed by atoms with Crippen LogP contribution in [-0.4, -0.2) is 23.0 Å². The highest BCUT2D eigenvalue weighted by molar-refractivity contribution is 5.43. The lowest BCUT2D eigenvalue weighted by atomic mass is 10.2. The molecule has 1 aromatic carbocycles. The molecular formula is C16H23N3O2. The van der Waals surface area contributed by atoms with Gasteiger partial charge in [0, 0.05) is 26.3 Å². The Labute approximate surface area is 125 Å². The number of ether oxygens (including phenoxy) is 2. The van der Waals surface area contributed by atoms with E-state index < -0.39 is 0 Å². The van der Waals surface area contributed by atoms with Crippen molar-refractivity contribution in [3.63, 3.8) is 0 Å². The van der Waals surface area contributed by atoms with Gasteiger partial charge in [0.05, 0.1) is 18.9 Å². The van der Waals surface area contributed by atoms with E-state index in [0.717, 1.165) is 35.8 Å². The van der Waals surface area contributed by atoms with E-state index in [0.29, 0.717) is 0 Å². The average Bonchev–Trinajstić information content (AvgIpc) is 2.85. The molecule has 5 nitrogen and oxygen atoms in total. The number of aryl methyl sites for hydroxylation is 1. The van der Waals surface area contributed by atoms with Gasteiger partial charge in [0.25, 0.3) is 0 Å².